The molecule has 1 aliphatic rings. The van der Waals surface area contributed by atoms with E-state index >= 15 is 0 Å². The Bertz CT molecular complexity index is 523. The first-order valence-electron chi connectivity index (χ1n) is 6.51. The second-order valence-corrected chi connectivity index (χ2v) is 7.22. The van der Waals surface area contributed by atoms with Crippen LogP contribution in [0, 0.1) is 6.92 Å². The van der Waals surface area contributed by atoms with E-state index in [2.05, 4.69) is 41.2 Å². The van der Waals surface area contributed by atoms with Crippen LogP contribution >= 0.6 is 15.9 Å². The van der Waals surface area contributed by atoms with Crippen LogP contribution in [0.25, 0.3) is 0 Å². The maximum atomic E-state index is 12.7. The summed E-state index contributed by atoms with van der Waals surface area (Å²) in [4.78, 5) is 14.6. The Morgan fingerprint density at radius 2 is 1.89 bits per heavy atom. The average Bonchev–Trinajstić information content (AvgIpc) is 2.30. The largest absolute Gasteiger partial charge is 0.304 e. The van der Waals surface area contributed by atoms with Crippen LogP contribution in [0.15, 0.2) is 22.7 Å². The van der Waals surface area contributed by atoms with E-state index in [1.807, 2.05) is 37.8 Å². The number of hydrogen-bond donors (Lipinski definition) is 1. The smallest absolute Gasteiger partial charge is 0.247 e. The van der Waals surface area contributed by atoms with Gasteiger partial charge in [0.1, 0.15) is 0 Å². The number of rotatable bonds is 1. The van der Waals surface area contributed by atoms with Crippen LogP contribution in [0.5, 0.6) is 0 Å². The highest BCUT2D eigenvalue weighted by molar-refractivity contribution is 9.10. The third-order valence-electron chi connectivity index (χ3n) is 3.71. The third-order valence-corrected chi connectivity index (χ3v) is 4.60. The molecule has 4 heteroatoms. The van der Waals surface area contributed by atoms with Crippen LogP contribution in [0.1, 0.15) is 33.3 Å². The van der Waals surface area contributed by atoms with Crippen molar-refractivity contribution in [3.8, 4) is 0 Å². The molecule has 0 atom stereocenters. The van der Waals surface area contributed by atoms with Crippen LogP contribution in [0.4, 0.5) is 5.69 Å². The lowest BCUT2D eigenvalue weighted by Crippen LogP contribution is -2.69. The number of aryl methyl sites for hydroxylation is 1. The molecule has 2 rings (SSSR count). The van der Waals surface area contributed by atoms with E-state index in [9.17, 15) is 4.79 Å². The van der Waals surface area contributed by atoms with Crippen molar-refractivity contribution >= 4 is 27.5 Å². The zero-order valence-corrected chi connectivity index (χ0v) is 13.8. The van der Waals surface area contributed by atoms with E-state index < -0.39 is 5.54 Å². The van der Waals surface area contributed by atoms with Crippen molar-refractivity contribution in [1.29, 1.82) is 0 Å². The molecular formula is C15H21BrN2O. The van der Waals surface area contributed by atoms with Gasteiger partial charge in [0.15, 0.2) is 0 Å². The van der Waals surface area contributed by atoms with Crippen LogP contribution in [0.3, 0.4) is 0 Å². The lowest BCUT2D eigenvalue weighted by molar-refractivity contribution is -0.126. The van der Waals surface area contributed by atoms with Gasteiger partial charge in [-0.1, -0.05) is 15.9 Å². The average molecular weight is 325 g/mol. The summed E-state index contributed by atoms with van der Waals surface area (Å²) in [5.41, 5.74) is 1.35. The van der Waals surface area contributed by atoms with E-state index in [1.165, 1.54) is 0 Å². The van der Waals surface area contributed by atoms with Gasteiger partial charge in [-0.25, -0.2) is 0 Å². The predicted molar refractivity (Wildman–Crippen MR) is 82.5 cm³/mol. The van der Waals surface area contributed by atoms with Gasteiger partial charge in [-0.2, -0.15) is 0 Å². The molecule has 0 aliphatic carbocycles. The lowest BCUT2D eigenvalue weighted by Gasteiger charge is -2.48. The molecule has 0 unspecified atom stereocenters. The number of nitrogens with zero attached hydrogens (tertiary/aromatic N) is 1. The van der Waals surface area contributed by atoms with Gasteiger partial charge in [-0.3, -0.25) is 4.79 Å². The Balaban J connectivity index is 2.49. The first kappa shape index (κ1) is 14.5. The fourth-order valence-electron chi connectivity index (χ4n) is 2.38. The fourth-order valence-corrected chi connectivity index (χ4v) is 2.63. The number of nitrogens with one attached hydrogen (secondary N) is 1. The molecule has 0 saturated carbocycles. The molecule has 1 aromatic rings. The molecule has 0 aromatic heterocycles. The Morgan fingerprint density at radius 1 is 1.26 bits per heavy atom. The Labute approximate surface area is 123 Å². The van der Waals surface area contributed by atoms with Gasteiger partial charge < -0.3 is 10.2 Å². The number of anilines is 1. The maximum absolute atomic E-state index is 12.7. The second-order valence-electron chi connectivity index (χ2n) is 6.37. The van der Waals surface area contributed by atoms with Crippen molar-refractivity contribution < 1.29 is 4.79 Å². The molecule has 19 heavy (non-hydrogen) atoms. The van der Waals surface area contributed by atoms with Gasteiger partial charge in [0.25, 0.3) is 0 Å². The zero-order valence-electron chi connectivity index (χ0n) is 12.2. The van der Waals surface area contributed by atoms with E-state index in [4.69, 9.17) is 0 Å². The molecule has 1 fully saturated rings. The highest BCUT2D eigenvalue weighted by Crippen LogP contribution is 2.32. The van der Waals surface area contributed by atoms with Crippen LogP contribution in [-0.4, -0.2) is 23.5 Å². The summed E-state index contributed by atoms with van der Waals surface area (Å²) in [5.74, 6) is 0.116. The van der Waals surface area contributed by atoms with Crippen molar-refractivity contribution in [1.82, 2.24) is 5.32 Å². The zero-order chi connectivity index (χ0) is 14.4. The molecule has 1 N–H and O–H groups in total. The second kappa shape index (κ2) is 4.60. The van der Waals surface area contributed by atoms with Crippen molar-refractivity contribution in [2.75, 3.05) is 11.4 Å². The molecule has 1 aliphatic heterocycles. The number of piperazine rings is 1. The van der Waals surface area contributed by atoms with Gasteiger partial charge in [-0.05, 0) is 58.4 Å². The third kappa shape index (κ3) is 2.56. The van der Waals surface area contributed by atoms with E-state index in [1.54, 1.807) is 0 Å². The Hall–Kier alpha value is -0.870. The fraction of sp³-hybridized carbons (Fsp3) is 0.533. The summed E-state index contributed by atoms with van der Waals surface area (Å²) in [7, 11) is 0. The summed E-state index contributed by atoms with van der Waals surface area (Å²) in [6.07, 6.45) is 0. The SMILES string of the molecule is Cc1cc(N2C(=O)C(C)(C)NCC2(C)C)ccc1Br. The quantitative estimate of drug-likeness (QED) is 0.860. The molecule has 1 amide bonds. The van der Waals surface area contributed by atoms with Gasteiger partial charge >= 0.3 is 0 Å². The van der Waals surface area contributed by atoms with E-state index in [-0.39, 0.29) is 11.4 Å². The molecule has 104 valence electrons. The van der Waals surface area contributed by atoms with Gasteiger partial charge in [-0.15, -0.1) is 0 Å². The summed E-state index contributed by atoms with van der Waals surface area (Å²) >= 11 is 3.50. The monoisotopic (exact) mass is 324 g/mol. The van der Waals surface area contributed by atoms with Crippen molar-refractivity contribution in [3.05, 3.63) is 28.2 Å². The topological polar surface area (TPSA) is 32.3 Å². The number of halogens is 1. The number of amides is 1. The minimum atomic E-state index is -0.517. The van der Waals surface area contributed by atoms with Crippen LogP contribution < -0.4 is 10.2 Å². The summed E-state index contributed by atoms with van der Waals surface area (Å²) in [6.45, 7) is 10.9. The van der Waals surface area contributed by atoms with Crippen molar-refractivity contribution in [2.24, 2.45) is 0 Å². The maximum Gasteiger partial charge on any atom is 0.247 e. The van der Waals surface area contributed by atoms with Crippen LogP contribution in [-0.2, 0) is 4.79 Å². The standard InChI is InChI=1S/C15H21BrN2O/c1-10-8-11(6-7-12(10)16)18-13(19)15(4,5)17-9-14(18,2)3/h6-8,17H,9H2,1-5H3. The highest BCUT2D eigenvalue weighted by atomic mass is 79.9. The van der Waals surface area contributed by atoms with E-state index in [0.29, 0.717) is 0 Å². The highest BCUT2D eigenvalue weighted by Gasteiger charge is 2.45. The predicted octanol–water partition coefficient (Wildman–Crippen LogP) is 3.25. The van der Waals surface area contributed by atoms with Gasteiger partial charge in [0, 0.05) is 16.7 Å². The minimum Gasteiger partial charge on any atom is -0.304 e. The lowest BCUT2D eigenvalue weighted by atomic mass is 9.90. The molecule has 0 spiro atoms. The molecule has 0 radical (unpaired) electrons. The molecule has 1 saturated heterocycles. The summed E-state index contributed by atoms with van der Waals surface area (Å²) < 4.78 is 1.07. The van der Waals surface area contributed by atoms with Crippen molar-refractivity contribution in [2.45, 2.75) is 45.7 Å². The number of hydrogen-bond acceptors (Lipinski definition) is 2. The molecule has 3 nitrogen and oxygen atoms in total. The Morgan fingerprint density at radius 3 is 2.47 bits per heavy atom. The Kier molecular flexibility index (Phi) is 3.52. The minimum absolute atomic E-state index is 0.116. The molecule has 1 heterocycles. The number of carbonyl (C=O) groups excluding carboxylic acids is 1. The van der Waals surface area contributed by atoms with Gasteiger partial charge in [0.2, 0.25) is 5.91 Å². The number of carbonyl (C=O) groups is 1. The molecular weight excluding hydrogens is 304 g/mol. The summed E-state index contributed by atoms with van der Waals surface area (Å²) in [6, 6.07) is 6.06. The first-order chi connectivity index (χ1) is 8.65. The molecule has 0 bridgehead atoms. The van der Waals surface area contributed by atoms with Crippen LogP contribution in [0.2, 0.25) is 0 Å². The van der Waals surface area contributed by atoms with Crippen molar-refractivity contribution in [3.63, 3.8) is 0 Å². The van der Waals surface area contributed by atoms with E-state index in [0.717, 1.165) is 22.3 Å². The first-order valence-corrected chi connectivity index (χ1v) is 7.30. The molecule has 1 aromatic carbocycles. The van der Waals surface area contributed by atoms with Gasteiger partial charge in [0.05, 0.1) is 11.1 Å². The number of benzene rings is 1. The summed E-state index contributed by atoms with van der Waals surface area (Å²) in [5, 5.41) is 3.32. The normalized spacial score (nSPS) is 21.6.